The standard InChI is InChI=1S/C76H87BN2S/c1-69(2,3)48-24-27-50(28-25-48)79-64-39-47(52-30-26-49(70(4,5)6)40-53(52)46-22-20-19-21-23-46)38-63-66(64)77(68-67(79)54-42-57-60(45-65(54)80-68)76(17,18)37-34-73(57,11)12)61-43-58-59(75(15,16)36-35-74(58,13)14)44-62(61)78(63)51-29-31-55-56(41-51)72(9,10)33-32-71(55,7)8/h19-31,38-45H,32-37H2,1-18H3. The predicted octanol–water partition coefficient (Wildman–Crippen LogP) is 20.0. The number of fused-ring (bicyclic) bond motifs is 9. The normalized spacial score (nSPS) is 19.6. The van der Waals surface area contributed by atoms with Crippen LogP contribution in [0.2, 0.25) is 0 Å². The highest BCUT2D eigenvalue weighted by Gasteiger charge is 2.49. The quantitative estimate of drug-likeness (QED) is 0.162. The van der Waals surface area contributed by atoms with Gasteiger partial charge in [-0.25, -0.2) is 0 Å². The summed E-state index contributed by atoms with van der Waals surface area (Å²) in [6.45, 7) is 44.1. The van der Waals surface area contributed by atoms with Gasteiger partial charge in [-0.05, 0) is 214 Å². The average molecular weight is 1070 g/mol. The van der Waals surface area contributed by atoms with E-state index in [2.05, 4.69) is 273 Å². The second kappa shape index (κ2) is 17.4. The molecule has 0 atom stereocenters. The van der Waals surface area contributed by atoms with Crippen LogP contribution in [0.5, 0.6) is 0 Å². The first-order valence-corrected chi connectivity index (χ1v) is 31.2. The van der Waals surface area contributed by atoms with E-state index >= 15 is 0 Å². The van der Waals surface area contributed by atoms with Crippen LogP contribution in [0, 0.1) is 0 Å². The molecule has 8 aromatic rings. The maximum absolute atomic E-state index is 2.76. The highest BCUT2D eigenvalue weighted by atomic mass is 32.1. The van der Waals surface area contributed by atoms with Crippen molar-refractivity contribution in [3.63, 3.8) is 0 Å². The Morgan fingerprint density at radius 3 is 1.46 bits per heavy atom. The van der Waals surface area contributed by atoms with Crippen molar-refractivity contribution < 1.29 is 0 Å². The van der Waals surface area contributed by atoms with Gasteiger partial charge in [-0.1, -0.05) is 197 Å². The van der Waals surface area contributed by atoms with Crippen LogP contribution in [-0.2, 0) is 43.3 Å². The van der Waals surface area contributed by atoms with Crippen LogP contribution >= 0.6 is 11.3 Å². The van der Waals surface area contributed by atoms with E-state index in [-0.39, 0.29) is 50.0 Å². The number of anilines is 6. The van der Waals surface area contributed by atoms with Gasteiger partial charge in [-0.3, -0.25) is 0 Å². The summed E-state index contributed by atoms with van der Waals surface area (Å²) >= 11 is 2.08. The molecule has 0 fully saturated rings. The number of benzene rings is 7. The van der Waals surface area contributed by atoms with E-state index in [4.69, 9.17) is 0 Å². The van der Waals surface area contributed by atoms with Crippen LogP contribution in [0.1, 0.15) is 208 Å². The molecule has 2 aliphatic heterocycles. The average Bonchev–Trinajstić information content (AvgIpc) is 3.14. The fourth-order valence-electron chi connectivity index (χ4n) is 15.2. The Balaban J connectivity index is 1.21. The van der Waals surface area contributed by atoms with Gasteiger partial charge in [0.25, 0.3) is 6.71 Å². The van der Waals surface area contributed by atoms with Crippen molar-refractivity contribution in [3.05, 3.63) is 172 Å². The molecule has 1 aromatic heterocycles. The highest BCUT2D eigenvalue weighted by Crippen LogP contribution is 2.56. The van der Waals surface area contributed by atoms with Crippen LogP contribution in [-0.4, -0.2) is 6.71 Å². The number of nitrogens with zero attached hydrogens (tertiary/aromatic N) is 2. The molecular weight excluding hydrogens is 984 g/mol. The number of rotatable bonds is 4. The first kappa shape index (κ1) is 53.5. The van der Waals surface area contributed by atoms with Crippen molar-refractivity contribution in [2.75, 3.05) is 9.80 Å². The van der Waals surface area contributed by atoms with Gasteiger partial charge in [0.2, 0.25) is 0 Å². The molecule has 0 unspecified atom stereocenters. The Morgan fingerprint density at radius 1 is 0.400 bits per heavy atom. The minimum absolute atomic E-state index is 0.00634. The molecule has 0 spiro atoms. The molecule has 7 aromatic carbocycles. The maximum atomic E-state index is 2.76. The molecule has 410 valence electrons. The summed E-state index contributed by atoms with van der Waals surface area (Å²) in [7, 11) is 0. The largest absolute Gasteiger partial charge is 0.311 e. The van der Waals surface area contributed by atoms with Crippen molar-refractivity contribution in [2.24, 2.45) is 0 Å². The zero-order valence-corrected chi connectivity index (χ0v) is 52.6. The Labute approximate surface area is 485 Å². The first-order valence-electron chi connectivity index (χ1n) is 30.4. The van der Waals surface area contributed by atoms with E-state index < -0.39 is 0 Å². The zero-order chi connectivity index (χ0) is 56.8. The van der Waals surface area contributed by atoms with Crippen LogP contribution in [0.15, 0.2) is 127 Å². The molecule has 0 N–H and O–H groups in total. The maximum Gasteiger partial charge on any atom is 0.264 e. The van der Waals surface area contributed by atoms with Crippen molar-refractivity contribution >= 4 is 78.0 Å². The van der Waals surface area contributed by atoms with Gasteiger partial charge in [-0.15, -0.1) is 11.3 Å². The van der Waals surface area contributed by atoms with E-state index in [1.165, 1.54) is 159 Å². The fourth-order valence-corrected chi connectivity index (χ4v) is 16.6. The molecule has 0 bridgehead atoms. The van der Waals surface area contributed by atoms with Crippen LogP contribution in [0.3, 0.4) is 0 Å². The first-order chi connectivity index (χ1) is 37.4. The van der Waals surface area contributed by atoms with Gasteiger partial charge < -0.3 is 9.80 Å². The Bertz CT molecular complexity index is 3860. The lowest BCUT2D eigenvalue weighted by molar-refractivity contribution is 0.332. The van der Waals surface area contributed by atoms with E-state index in [0.717, 1.165) is 6.42 Å². The molecule has 5 aliphatic rings. The van der Waals surface area contributed by atoms with Crippen LogP contribution in [0.4, 0.5) is 34.1 Å². The van der Waals surface area contributed by atoms with Crippen molar-refractivity contribution in [2.45, 2.75) is 206 Å². The number of hydrogen-bond donors (Lipinski definition) is 0. The molecular formula is C76H87BN2S. The molecule has 0 saturated carbocycles. The lowest BCUT2D eigenvalue weighted by atomic mass is 9.35. The van der Waals surface area contributed by atoms with E-state index in [1.807, 2.05) is 0 Å². The van der Waals surface area contributed by atoms with Crippen LogP contribution < -0.4 is 25.5 Å². The summed E-state index contributed by atoms with van der Waals surface area (Å²) in [5, 5.41) is 1.38. The lowest BCUT2D eigenvalue weighted by Gasteiger charge is -2.47. The number of thiophene rings is 1. The molecule has 0 saturated heterocycles. The Morgan fingerprint density at radius 2 is 0.887 bits per heavy atom. The lowest BCUT2D eigenvalue weighted by Crippen LogP contribution is -2.61. The van der Waals surface area contributed by atoms with Crippen LogP contribution in [0.25, 0.3) is 32.3 Å². The van der Waals surface area contributed by atoms with Gasteiger partial charge in [0.15, 0.2) is 0 Å². The van der Waals surface area contributed by atoms with E-state index in [0.29, 0.717) is 0 Å². The van der Waals surface area contributed by atoms with Gasteiger partial charge in [-0.2, -0.15) is 0 Å². The zero-order valence-electron chi connectivity index (χ0n) is 51.7. The van der Waals surface area contributed by atoms with Gasteiger partial charge in [0.05, 0.1) is 5.69 Å². The van der Waals surface area contributed by atoms with Crippen molar-refractivity contribution in [3.8, 4) is 22.3 Å². The Kier molecular flexibility index (Phi) is 11.6. The molecule has 2 nitrogen and oxygen atoms in total. The molecule has 13 rings (SSSR count). The molecule has 0 radical (unpaired) electrons. The van der Waals surface area contributed by atoms with E-state index in [9.17, 15) is 0 Å². The summed E-state index contributed by atoms with van der Waals surface area (Å²) in [4.78, 5) is 5.50. The summed E-state index contributed by atoms with van der Waals surface area (Å²) < 4.78 is 2.86. The second-order valence-electron chi connectivity index (χ2n) is 31.4. The monoisotopic (exact) mass is 1070 g/mol. The second-order valence-corrected chi connectivity index (χ2v) is 32.5. The summed E-state index contributed by atoms with van der Waals surface area (Å²) in [5.41, 5.74) is 27.7. The topological polar surface area (TPSA) is 6.48 Å². The minimum Gasteiger partial charge on any atom is -0.311 e. The highest BCUT2D eigenvalue weighted by molar-refractivity contribution is 7.33. The van der Waals surface area contributed by atoms with Crippen molar-refractivity contribution in [1.82, 2.24) is 0 Å². The van der Waals surface area contributed by atoms with Crippen molar-refractivity contribution in [1.29, 1.82) is 0 Å². The third-order valence-corrected chi connectivity index (χ3v) is 22.2. The molecule has 3 heterocycles. The molecule has 0 amide bonds. The van der Waals surface area contributed by atoms with Gasteiger partial charge >= 0.3 is 0 Å². The Hall–Kier alpha value is -5.84. The summed E-state index contributed by atoms with van der Waals surface area (Å²) in [5.74, 6) is 0. The minimum atomic E-state index is -0.0245. The molecule has 80 heavy (non-hydrogen) atoms. The molecule has 3 aliphatic carbocycles. The fraction of sp³-hybridized carbons (Fsp3) is 0.421. The van der Waals surface area contributed by atoms with E-state index in [1.54, 1.807) is 0 Å². The number of hydrogen-bond acceptors (Lipinski definition) is 3. The SMILES string of the molecule is CC(C)(C)c1ccc(N2c3cc(-c4ccc(C(C)(C)C)cc4-c4ccccc4)cc4c3B(c3cc5c(cc3N4c3ccc4c(c3)C(C)(C)CCC4(C)C)C(C)(C)CCC5(C)C)c3sc4cc5c(cc4c32)C(C)(C)CCC5(C)C)cc1. The van der Waals surface area contributed by atoms with Gasteiger partial charge in [0, 0.05) is 43.3 Å². The summed E-state index contributed by atoms with van der Waals surface area (Å²) in [6, 6.07) is 51.9. The molecule has 4 heteroatoms. The van der Waals surface area contributed by atoms with Gasteiger partial charge in [0.1, 0.15) is 0 Å². The smallest absolute Gasteiger partial charge is 0.264 e. The predicted molar refractivity (Wildman–Crippen MR) is 350 cm³/mol. The third kappa shape index (κ3) is 8.20. The summed E-state index contributed by atoms with van der Waals surface area (Å²) in [6.07, 6.45) is 7.05. The third-order valence-electron chi connectivity index (χ3n) is 21.0.